The number of β-lactam (4-membered cyclic amide) rings is 1. The van der Waals surface area contributed by atoms with Crippen LogP contribution in [0.25, 0.3) is 0 Å². The van der Waals surface area contributed by atoms with E-state index in [-0.39, 0.29) is 17.4 Å². The highest BCUT2D eigenvalue weighted by Crippen LogP contribution is 2.44. The lowest BCUT2D eigenvalue weighted by Gasteiger charge is -2.52. The van der Waals surface area contributed by atoms with Gasteiger partial charge in [0.15, 0.2) is 14.1 Å². The van der Waals surface area contributed by atoms with Crippen molar-refractivity contribution >= 4 is 31.9 Å². The van der Waals surface area contributed by atoms with E-state index in [2.05, 4.69) is 46.5 Å². The maximum Gasteiger partial charge on any atom is 0.397 e. The molecule has 1 aromatic carbocycles. The monoisotopic (exact) mass is 513 g/mol. The van der Waals surface area contributed by atoms with Gasteiger partial charge < -0.3 is 9.16 Å². The average Bonchev–Trinajstić information content (AvgIpc) is 2.75. The minimum atomic E-state index is -2.24. The van der Waals surface area contributed by atoms with Gasteiger partial charge in [-0.25, -0.2) is 4.79 Å². The number of ketones is 1. The molecule has 1 aliphatic carbocycles. The Morgan fingerprint density at radius 1 is 1.22 bits per heavy atom. The highest BCUT2D eigenvalue weighted by molar-refractivity contribution is 6.74. The number of rotatable bonds is 6. The average molecular weight is 514 g/mol. The van der Waals surface area contributed by atoms with Crippen molar-refractivity contribution in [3.63, 3.8) is 0 Å². The first kappa shape index (κ1) is 28.0. The molecular formula is C28H39NO6Si. The van der Waals surface area contributed by atoms with E-state index in [1.54, 1.807) is 0 Å². The number of ether oxygens (including phenoxy) is 1. The van der Waals surface area contributed by atoms with E-state index in [9.17, 15) is 19.2 Å². The van der Waals surface area contributed by atoms with Crippen molar-refractivity contribution in [3.05, 3.63) is 47.0 Å². The van der Waals surface area contributed by atoms with Crippen LogP contribution < -0.4 is 0 Å². The van der Waals surface area contributed by atoms with Gasteiger partial charge in [-0.1, -0.05) is 45.1 Å². The summed E-state index contributed by atoms with van der Waals surface area (Å²) in [6, 6.07) is 3.18. The van der Waals surface area contributed by atoms with E-state index in [0.29, 0.717) is 18.4 Å². The molecule has 2 amide bonds. The molecule has 0 unspecified atom stereocenters. The highest BCUT2D eigenvalue weighted by atomic mass is 28.4. The molecule has 8 heteroatoms. The Kier molecular flexibility index (Phi) is 7.82. The second-order valence-corrected chi connectivity index (χ2v) is 16.4. The topological polar surface area (TPSA) is 90.0 Å². The molecule has 0 saturated carbocycles. The SMILES string of the molecule is C=CCOC(=O)C(=O)N1C(=O)[C@H]([C@@H](C)O[Si](C)(C)C(C)(C)C)[C@H]1[C@H]1CCc2c(C)cc(C)cc2C1=O. The predicted octanol–water partition coefficient (Wildman–Crippen LogP) is 4.54. The van der Waals surface area contributed by atoms with Crippen LogP contribution >= 0.6 is 0 Å². The smallest absolute Gasteiger partial charge is 0.397 e. The van der Waals surface area contributed by atoms with Crippen LogP contribution in [0.15, 0.2) is 24.8 Å². The van der Waals surface area contributed by atoms with Gasteiger partial charge in [-0.15, -0.1) is 0 Å². The van der Waals surface area contributed by atoms with E-state index in [4.69, 9.17) is 9.16 Å². The Labute approximate surface area is 215 Å². The maximum atomic E-state index is 13.8. The lowest BCUT2D eigenvalue weighted by atomic mass is 9.68. The zero-order valence-corrected chi connectivity index (χ0v) is 23.8. The molecule has 0 spiro atoms. The molecule has 0 N–H and O–H groups in total. The number of likely N-dealkylation sites (tertiary alicyclic amines) is 1. The minimum Gasteiger partial charge on any atom is -0.454 e. The van der Waals surface area contributed by atoms with Gasteiger partial charge in [-0.05, 0) is 68.9 Å². The molecule has 196 valence electrons. The summed E-state index contributed by atoms with van der Waals surface area (Å²) in [7, 11) is -2.24. The van der Waals surface area contributed by atoms with Crippen molar-refractivity contribution in [2.45, 2.75) is 84.7 Å². The molecule has 36 heavy (non-hydrogen) atoms. The van der Waals surface area contributed by atoms with Crippen LogP contribution in [0.4, 0.5) is 0 Å². The molecule has 1 aliphatic heterocycles. The standard InChI is InChI=1S/C28H39NO6Si/c1-10-13-34-27(33)26(32)29-23(22(25(29)31)18(4)35-36(8,9)28(5,6)7)20-12-11-19-17(3)14-16(2)15-21(19)24(20)30/h10,14-15,18,20,22-23H,1,11-13H2,2-9H3/t18-,20-,22-,23-/m1/s1. The summed E-state index contributed by atoms with van der Waals surface area (Å²) in [6.45, 7) is 19.7. The van der Waals surface area contributed by atoms with Crippen LogP contribution in [0.5, 0.6) is 0 Å². The van der Waals surface area contributed by atoms with E-state index < -0.39 is 50.1 Å². The lowest BCUT2D eigenvalue weighted by molar-refractivity contribution is -0.181. The van der Waals surface area contributed by atoms with Crippen LogP contribution in [0.3, 0.4) is 0 Å². The van der Waals surface area contributed by atoms with Crippen LogP contribution in [0.1, 0.15) is 61.2 Å². The van der Waals surface area contributed by atoms with E-state index in [1.165, 1.54) is 6.08 Å². The molecule has 0 radical (unpaired) electrons. The largest absolute Gasteiger partial charge is 0.454 e. The van der Waals surface area contributed by atoms with Crippen molar-refractivity contribution in [2.24, 2.45) is 11.8 Å². The summed E-state index contributed by atoms with van der Waals surface area (Å²) < 4.78 is 11.5. The van der Waals surface area contributed by atoms with Gasteiger partial charge in [-0.2, -0.15) is 0 Å². The zero-order valence-electron chi connectivity index (χ0n) is 22.8. The van der Waals surface area contributed by atoms with Crippen molar-refractivity contribution in [2.75, 3.05) is 6.61 Å². The Morgan fingerprint density at radius 2 is 1.86 bits per heavy atom. The van der Waals surface area contributed by atoms with Gasteiger partial charge in [0.2, 0.25) is 5.91 Å². The molecule has 1 heterocycles. The van der Waals surface area contributed by atoms with Crippen LogP contribution in [-0.2, 0) is 30.0 Å². The second kappa shape index (κ2) is 10.1. The summed E-state index contributed by atoms with van der Waals surface area (Å²) in [5.74, 6) is -4.06. The summed E-state index contributed by atoms with van der Waals surface area (Å²) in [4.78, 5) is 53.5. The Bertz CT molecular complexity index is 1100. The first-order chi connectivity index (χ1) is 16.6. The fourth-order valence-electron chi connectivity index (χ4n) is 5.19. The van der Waals surface area contributed by atoms with E-state index in [0.717, 1.165) is 21.6 Å². The Balaban J connectivity index is 1.98. The lowest BCUT2D eigenvalue weighted by Crippen LogP contribution is -2.71. The Hall–Kier alpha value is -2.58. The number of esters is 1. The van der Waals surface area contributed by atoms with Crippen LogP contribution in [0.2, 0.25) is 18.1 Å². The molecule has 4 atom stereocenters. The third kappa shape index (κ3) is 4.98. The maximum absolute atomic E-state index is 13.8. The summed E-state index contributed by atoms with van der Waals surface area (Å²) in [5, 5.41) is -0.0811. The molecule has 1 saturated heterocycles. The van der Waals surface area contributed by atoms with Crippen molar-refractivity contribution < 1.29 is 28.3 Å². The summed E-state index contributed by atoms with van der Waals surface area (Å²) in [6.07, 6.45) is 1.99. The number of Topliss-reactive ketones (excluding diaryl/α,β-unsaturated/α-hetero) is 1. The first-order valence-corrected chi connectivity index (χ1v) is 15.5. The van der Waals surface area contributed by atoms with Crippen molar-refractivity contribution in [1.82, 2.24) is 4.90 Å². The fourth-order valence-corrected chi connectivity index (χ4v) is 6.62. The molecule has 2 aliphatic rings. The number of aryl methyl sites for hydroxylation is 2. The van der Waals surface area contributed by atoms with Crippen LogP contribution in [-0.4, -0.2) is 55.5 Å². The molecule has 0 aromatic heterocycles. The molecule has 0 bridgehead atoms. The fraction of sp³-hybridized carbons (Fsp3) is 0.571. The van der Waals surface area contributed by atoms with Crippen molar-refractivity contribution in [1.29, 1.82) is 0 Å². The van der Waals surface area contributed by atoms with Gasteiger partial charge in [0, 0.05) is 11.5 Å². The predicted molar refractivity (Wildman–Crippen MR) is 140 cm³/mol. The molecular weight excluding hydrogens is 474 g/mol. The molecule has 1 fully saturated rings. The van der Waals surface area contributed by atoms with E-state index >= 15 is 0 Å². The molecule has 3 rings (SSSR count). The normalized spacial score (nSPS) is 23.0. The number of nitrogens with zero attached hydrogens (tertiary/aromatic N) is 1. The third-order valence-electron chi connectivity index (χ3n) is 8.04. The quantitative estimate of drug-likeness (QED) is 0.182. The van der Waals surface area contributed by atoms with Gasteiger partial charge in [0.05, 0.1) is 18.1 Å². The van der Waals surface area contributed by atoms with Crippen LogP contribution in [0, 0.1) is 25.7 Å². The number of amides is 2. The van der Waals surface area contributed by atoms with Gasteiger partial charge in [0.25, 0.3) is 0 Å². The van der Waals surface area contributed by atoms with Gasteiger partial charge in [0.1, 0.15) is 6.61 Å². The highest BCUT2D eigenvalue weighted by Gasteiger charge is 2.60. The number of benzene rings is 1. The van der Waals surface area contributed by atoms with Gasteiger partial charge in [-0.3, -0.25) is 19.3 Å². The van der Waals surface area contributed by atoms with E-state index in [1.807, 2.05) is 26.8 Å². The first-order valence-electron chi connectivity index (χ1n) is 12.6. The zero-order chi connectivity index (χ0) is 27.2. The third-order valence-corrected chi connectivity index (χ3v) is 12.6. The number of hydrogen-bond acceptors (Lipinski definition) is 6. The summed E-state index contributed by atoms with van der Waals surface area (Å²) in [5.41, 5.74) is 3.70. The second-order valence-electron chi connectivity index (χ2n) is 11.6. The number of carbonyl (C=O) groups excluding carboxylic acids is 4. The van der Waals surface area contributed by atoms with Crippen molar-refractivity contribution in [3.8, 4) is 0 Å². The molecule has 7 nitrogen and oxygen atoms in total. The summed E-state index contributed by atoms with van der Waals surface area (Å²) >= 11 is 0. The number of fused-ring (bicyclic) bond motifs is 1. The van der Waals surface area contributed by atoms with Gasteiger partial charge >= 0.3 is 11.9 Å². The number of carbonyl (C=O) groups is 4. The Morgan fingerprint density at radius 3 is 2.44 bits per heavy atom. The molecule has 1 aromatic rings. The minimum absolute atomic E-state index is 0.0811. The number of imide groups is 1. The number of hydrogen-bond donors (Lipinski definition) is 0.